The van der Waals surface area contributed by atoms with E-state index in [4.69, 9.17) is 4.74 Å². The van der Waals surface area contributed by atoms with E-state index in [-0.39, 0.29) is 17.8 Å². The van der Waals surface area contributed by atoms with Gasteiger partial charge in [0.2, 0.25) is 0 Å². The number of halogens is 1. The molecule has 0 radical (unpaired) electrons. The lowest BCUT2D eigenvalue weighted by Crippen LogP contribution is -2.57. The van der Waals surface area contributed by atoms with Gasteiger partial charge in [0.1, 0.15) is 5.75 Å². The fourth-order valence-corrected chi connectivity index (χ4v) is 4.66. The van der Waals surface area contributed by atoms with Crippen molar-refractivity contribution in [1.29, 1.82) is 0 Å². The second-order valence-electron chi connectivity index (χ2n) is 7.40. The largest absolute Gasteiger partial charge is 0.497 e. The third-order valence-electron chi connectivity index (χ3n) is 5.96. The summed E-state index contributed by atoms with van der Waals surface area (Å²) in [6.45, 7) is 1.01. The van der Waals surface area contributed by atoms with Gasteiger partial charge < -0.3 is 14.7 Å². The number of nitrogens with zero attached hydrogens (tertiary/aromatic N) is 1. The van der Waals surface area contributed by atoms with E-state index in [1.165, 1.54) is 17.5 Å². The summed E-state index contributed by atoms with van der Waals surface area (Å²) in [6, 6.07) is 6.46. The van der Waals surface area contributed by atoms with Crippen LogP contribution in [0.25, 0.3) is 0 Å². The molecular weight excluding hydrogens is 310 g/mol. The molecule has 2 atom stereocenters. The van der Waals surface area contributed by atoms with Crippen LogP contribution in [0.2, 0.25) is 0 Å². The van der Waals surface area contributed by atoms with E-state index in [0.717, 1.165) is 50.8 Å². The Hall–Kier alpha value is -0.770. The van der Waals surface area contributed by atoms with Crippen molar-refractivity contribution in [3.05, 3.63) is 29.3 Å². The van der Waals surface area contributed by atoms with Gasteiger partial charge in [-0.25, -0.2) is 0 Å². The van der Waals surface area contributed by atoms with Crippen LogP contribution in [-0.2, 0) is 11.8 Å². The summed E-state index contributed by atoms with van der Waals surface area (Å²) in [5, 5.41) is 11.5. The van der Waals surface area contributed by atoms with Crippen molar-refractivity contribution >= 4 is 12.4 Å². The number of methoxy groups -OCH3 is 1. The van der Waals surface area contributed by atoms with Gasteiger partial charge in [0, 0.05) is 5.41 Å². The highest BCUT2D eigenvalue weighted by atomic mass is 35.5. The molecule has 4 heteroatoms. The summed E-state index contributed by atoms with van der Waals surface area (Å²) >= 11 is 0. The monoisotopic (exact) mass is 339 g/mol. The second kappa shape index (κ2) is 7.00. The number of fused-ring (bicyclic) bond motifs is 3. The van der Waals surface area contributed by atoms with Crippen molar-refractivity contribution in [1.82, 2.24) is 4.90 Å². The molecule has 0 saturated heterocycles. The average Bonchev–Trinajstić information content (AvgIpc) is 2.52. The molecule has 0 heterocycles. The van der Waals surface area contributed by atoms with E-state index in [1.54, 1.807) is 7.11 Å². The van der Waals surface area contributed by atoms with E-state index in [0.29, 0.717) is 0 Å². The van der Waals surface area contributed by atoms with Crippen molar-refractivity contribution in [3.63, 3.8) is 0 Å². The Kier molecular flexibility index (Phi) is 5.65. The molecule has 2 aliphatic carbocycles. The van der Waals surface area contributed by atoms with E-state index in [2.05, 4.69) is 37.2 Å². The molecule has 1 aromatic rings. The molecule has 3 nitrogen and oxygen atoms in total. The molecule has 0 aliphatic heterocycles. The normalized spacial score (nSPS) is 29.4. The van der Waals surface area contributed by atoms with Gasteiger partial charge in [-0.2, -0.15) is 0 Å². The van der Waals surface area contributed by atoms with Crippen molar-refractivity contribution in [2.45, 2.75) is 56.0 Å². The predicted octanol–water partition coefficient (Wildman–Crippen LogP) is 3.56. The number of hydrogen-bond acceptors (Lipinski definition) is 3. The number of aliphatic hydroxyl groups is 1. The smallest absolute Gasteiger partial charge is 0.119 e. The minimum Gasteiger partial charge on any atom is -0.497 e. The molecule has 1 saturated carbocycles. The Morgan fingerprint density at radius 3 is 2.61 bits per heavy atom. The highest BCUT2D eigenvalue weighted by Gasteiger charge is 2.54. The molecular formula is C19H30ClNO2. The number of ether oxygens (including phenoxy) is 1. The molecule has 0 aromatic heterocycles. The first-order chi connectivity index (χ1) is 10.5. The van der Waals surface area contributed by atoms with Crippen molar-refractivity contribution in [3.8, 4) is 5.75 Å². The Balaban J connectivity index is 0.00000192. The van der Waals surface area contributed by atoms with Gasteiger partial charge in [0.05, 0.1) is 12.7 Å². The summed E-state index contributed by atoms with van der Waals surface area (Å²) in [5.74, 6) is 0.915. The van der Waals surface area contributed by atoms with E-state index >= 15 is 0 Å². The molecule has 130 valence electrons. The minimum absolute atomic E-state index is 0. The zero-order valence-corrected chi connectivity index (χ0v) is 15.4. The topological polar surface area (TPSA) is 32.7 Å². The summed E-state index contributed by atoms with van der Waals surface area (Å²) in [6.07, 6.45) is 7.32. The van der Waals surface area contributed by atoms with Crippen LogP contribution in [-0.4, -0.2) is 43.4 Å². The highest BCUT2D eigenvalue weighted by molar-refractivity contribution is 5.85. The van der Waals surface area contributed by atoms with Gasteiger partial charge in [-0.15, -0.1) is 12.4 Å². The Labute approximate surface area is 146 Å². The van der Waals surface area contributed by atoms with Crippen molar-refractivity contribution < 1.29 is 9.84 Å². The second-order valence-corrected chi connectivity index (χ2v) is 7.40. The van der Waals surface area contributed by atoms with E-state index in [9.17, 15) is 5.11 Å². The maximum atomic E-state index is 11.5. The third-order valence-corrected chi connectivity index (χ3v) is 5.96. The minimum atomic E-state index is -0.541. The standard InChI is InChI=1S/C19H29NO2.ClH/c1-20(2)13-12-18-9-4-5-10-19(18,21)11-8-15-6-7-16(22-3)14-17(15)18;/h6-7,14,21H,4-5,8-13H2,1-3H3;1H. The maximum absolute atomic E-state index is 11.5. The third kappa shape index (κ3) is 3.11. The van der Waals surface area contributed by atoms with Crippen LogP contribution >= 0.6 is 12.4 Å². The van der Waals surface area contributed by atoms with Gasteiger partial charge >= 0.3 is 0 Å². The zero-order valence-electron chi connectivity index (χ0n) is 14.6. The van der Waals surface area contributed by atoms with Crippen molar-refractivity contribution in [2.24, 2.45) is 0 Å². The molecule has 2 unspecified atom stereocenters. The quantitative estimate of drug-likeness (QED) is 0.910. The van der Waals surface area contributed by atoms with Crippen LogP contribution in [0.1, 0.15) is 49.7 Å². The molecule has 0 spiro atoms. The molecule has 3 rings (SSSR count). The van der Waals surface area contributed by atoms with Crippen LogP contribution in [0.15, 0.2) is 18.2 Å². The molecule has 1 fully saturated rings. The van der Waals surface area contributed by atoms with Gasteiger partial charge in [0.15, 0.2) is 0 Å². The Morgan fingerprint density at radius 2 is 1.91 bits per heavy atom. The maximum Gasteiger partial charge on any atom is 0.119 e. The molecule has 0 bridgehead atoms. The van der Waals surface area contributed by atoms with E-state index < -0.39 is 5.60 Å². The van der Waals surface area contributed by atoms with Gasteiger partial charge in [-0.3, -0.25) is 0 Å². The highest BCUT2D eigenvalue weighted by Crippen LogP contribution is 2.55. The number of rotatable bonds is 4. The lowest BCUT2D eigenvalue weighted by atomic mass is 9.53. The lowest BCUT2D eigenvalue weighted by molar-refractivity contribution is -0.0887. The van der Waals surface area contributed by atoms with Crippen LogP contribution < -0.4 is 4.74 Å². The number of aryl methyl sites for hydroxylation is 1. The fourth-order valence-electron chi connectivity index (χ4n) is 4.66. The first kappa shape index (κ1) is 18.6. The summed E-state index contributed by atoms with van der Waals surface area (Å²) in [4.78, 5) is 2.23. The first-order valence-electron chi connectivity index (χ1n) is 8.55. The first-order valence-corrected chi connectivity index (χ1v) is 8.55. The lowest BCUT2D eigenvalue weighted by Gasteiger charge is -2.55. The summed E-state index contributed by atoms with van der Waals surface area (Å²) < 4.78 is 5.47. The van der Waals surface area contributed by atoms with Crippen LogP contribution in [0.3, 0.4) is 0 Å². The van der Waals surface area contributed by atoms with Crippen LogP contribution in [0, 0.1) is 0 Å². The zero-order chi connectivity index (χ0) is 15.8. The molecule has 1 N–H and O–H groups in total. The Morgan fingerprint density at radius 1 is 1.17 bits per heavy atom. The van der Waals surface area contributed by atoms with Crippen molar-refractivity contribution in [2.75, 3.05) is 27.7 Å². The van der Waals surface area contributed by atoms with Crippen LogP contribution in [0.5, 0.6) is 5.75 Å². The van der Waals surface area contributed by atoms with E-state index in [1.807, 2.05) is 0 Å². The van der Waals surface area contributed by atoms with Gasteiger partial charge in [-0.05, 0) is 76.0 Å². The summed E-state index contributed by atoms with van der Waals surface area (Å²) in [5.41, 5.74) is 2.12. The number of benzene rings is 1. The molecule has 0 amide bonds. The molecule has 2 aliphatic rings. The Bertz CT molecular complexity index is 548. The van der Waals surface area contributed by atoms with Gasteiger partial charge in [0.25, 0.3) is 0 Å². The molecule has 1 aromatic carbocycles. The van der Waals surface area contributed by atoms with Gasteiger partial charge in [-0.1, -0.05) is 18.9 Å². The van der Waals surface area contributed by atoms with Crippen LogP contribution in [0.4, 0.5) is 0 Å². The molecule has 23 heavy (non-hydrogen) atoms. The average molecular weight is 340 g/mol. The SMILES string of the molecule is COc1ccc2c(c1)C1(CCN(C)C)CCCCC1(O)CC2.Cl. The summed E-state index contributed by atoms with van der Waals surface area (Å²) in [7, 11) is 5.96. The fraction of sp³-hybridized carbons (Fsp3) is 0.684. The number of hydrogen-bond donors (Lipinski definition) is 1. The predicted molar refractivity (Wildman–Crippen MR) is 96.8 cm³/mol.